The molecule has 0 amide bonds. The van der Waals surface area contributed by atoms with Crippen molar-refractivity contribution in [2.24, 2.45) is 0 Å². The molecule has 6 nitrogen and oxygen atoms in total. The number of aryl methyl sites for hydroxylation is 1. The van der Waals surface area contributed by atoms with Crippen molar-refractivity contribution >= 4 is 22.7 Å². The maximum absolute atomic E-state index is 13.4. The van der Waals surface area contributed by atoms with Gasteiger partial charge in [-0.2, -0.15) is 0 Å². The predicted octanol–water partition coefficient (Wildman–Crippen LogP) is 3.13. The van der Waals surface area contributed by atoms with Crippen molar-refractivity contribution in [2.75, 3.05) is 45.7 Å². The summed E-state index contributed by atoms with van der Waals surface area (Å²) in [6.07, 6.45) is 0. The zero-order valence-electron chi connectivity index (χ0n) is 16.8. The van der Waals surface area contributed by atoms with E-state index in [2.05, 4.69) is 4.90 Å². The minimum Gasteiger partial charge on any atom is -0.495 e. The summed E-state index contributed by atoms with van der Waals surface area (Å²) in [7, 11) is 1.62. The third-order valence-electron chi connectivity index (χ3n) is 5.06. The van der Waals surface area contributed by atoms with Gasteiger partial charge in [0.15, 0.2) is 5.16 Å². The molecule has 1 aromatic heterocycles. The monoisotopic (exact) mass is 411 g/mol. The summed E-state index contributed by atoms with van der Waals surface area (Å²) >= 11 is 1.60. The van der Waals surface area contributed by atoms with E-state index >= 15 is 0 Å². The number of nitrogens with zero attached hydrogens (tertiary/aromatic N) is 3. The van der Waals surface area contributed by atoms with Crippen LogP contribution in [0.2, 0.25) is 0 Å². The summed E-state index contributed by atoms with van der Waals surface area (Å²) in [5.74, 6) is 1.50. The van der Waals surface area contributed by atoms with Crippen LogP contribution in [-0.2, 0) is 4.74 Å². The van der Waals surface area contributed by atoms with Crippen molar-refractivity contribution in [3.8, 4) is 11.4 Å². The molecular weight excluding hydrogens is 386 g/mol. The number of para-hydroxylation sites is 1. The van der Waals surface area contributed by atoms with Crippen LogP contribution >= 0.6 is 11.8 Å². The van der Waals surface area contributed by atoms with E-state index in [-0.39, 0.29) is 5.56 Å². The Morgan fingerprint density at radius 1 is 1.17 bits per heavy atom. The van der Waals surface area contributed by atoms with Crippen molar-refractivity contribution in [3.63, 3.8) is 0 Å². The molecule has 2 aromatic carbocycles. The van der Waals surface area contributed by atoms with Gasteiger partial charge in [-0.25, -0.2) is 4.98 Å². The van der Waals surface area contributed by atoms with E-state index in [4.69, 9.17) is 14.5 Å². The number of rotatable bonds is 6. The Bertz CT molecular complexity index is 1060. The van der Waals surface area contributed by atoms with Gasteiger partial charge in [0.2, 0.25) is 0 Å². The topological polar surface area (TPSA) is 56.6 Å². The summed E-state index contributed by atoms with van der Waals surface area (Å²) in [4.78, 5) is 20.6. The van der Waals surface area contributed by atoms with Crippen LogP contribution in [0.15, 0.2) is 52.4 Å². The third kappa shape index (κ3) is 4.32. The van der Waals surface area contributed by atoms with E-state index in [1.165, 1.54) is 0 Å². The fraction of sp³-hybridized carbons (Fsp3) is 0.364. The second kappa shape index (κ2) is 8.98. The molecule has 3 aromatic rings. The number of aromatic nitrogens is 2. The lowest BCUT2D eigenvalue weighted by molar-refractivity contribution is 0.0410. The molecule has 0 saturated carbocycles. The summed E-state index contributed by atoms with van der Waals surface area (Å²) in [5, 5.41) is 1.29. The highest BCUT2D eigenvalue weighted by Crippen LogP contribution is 2.28. The Labute approximate surface area is 174 Å². The predicted molar refractivity (Wildman–Crippen MR) is 117 cm³/mol. The summed E-state index contributed by atoms with van der Waals surface area (Å²) in [6.45, 7) is 6.40. The lowest BCUT2D eigenvalue weighted by Gasteiger charge is -2.26. The van der Waals surface area contributed by atoms with E-state index in [1.54, 1.807) is 23.4 Å². The lowest BCUT2D eigenvalue weighted by Crippen LogP contribution is -2.37. The molecule has 0 spiro atoms. The number of benzene rings is 2. The van der Waals surface area contributed by atoms with Crippen LogP contribution in [0.25, 0.3) is 16.6 Å². The highest BCUT2D eigenvalue weighted by atomic mass is 32.2. The van der Waals surface area contributed by atoms with Crippen molar-refractivity contribution in [1.82, 2.24) is 14.5 Å². The van der Waals surface area contributed by atoms with Crippen LogP contribution in [0.1, 0.15) is 5.56 Å². The average molecular weight is 412 g/mol. The summed E-state index contributed by atoms with van der Waals surface area (Å²) < 4.78 is 12.7. The zero-order valence-corrected chi connectivity index (χ0v) is 17.6. The number of morpholine rings is 1. The maximum Gasteiger partial charge on any atom is 0.266 e. The first-order valence-electron chi connectivity index (χ1n) is 9.77. The van der Waals surface area contributed by atoms with Crippen LogP contribution in [0.5, 0.6) is 5.75 Å². The molecule has 0 radical (unpaired) electrons. The van der Waals surface area contributed by atoms with Crippen LogP contribution in [0.4, 0.5) is 0 Å². The number of hydrogen-bond donors (Lipinski definition) is 0. The molecule has 4 rings (SSSR count). The summed E-state index contributed by atoms with van der Waals surface area (Å²) in [6, 6.07) is 13.3. The molecule has 0 unspecified atom stereocenters. The molecule has 29 heavy (non-hydrogen) atoms. The van der Waals surface area contributed by atoms with Crippen LogP contribution in [0, 0.1) is 6.92 Å². The molecule has 7 heteroatoms. The van der Waals surface area contributed by atoms with Gasteiger partial charge in [-0.15, -0.1) is 0 Å². The minimum absolute atomic E-state index is 0.0756. The molecule has 0 atom stereocenters. The van der Waals surface area contributed by atoms with Gasteiger partial charge in [0.25, 0.3) is 5.56 Å². The van der Waals surface area contributed by atoms with Crippen LogP contribution < -0.4 is 10.3 Å². The quantitative estimate of drug-likeness (QED) is 0.459. The van der Waals surface area contributed by atoms with Gasteiger partial charge in [0.1, 0.15) is 5.75 Å². The van der Waals surface area contributed by atoms with Gasteiger partial charge in [0, 0.05) is 25.4 Å². The first-order chi connectivity index (χ1) is 14.2. The largest absolute Gasteiger partial charge is 0.495 e. The number of ether oxygens (including phenoxy) is 2. The normalized spacial score (nSPS) is 15.0. The Hall–Kier alpha value is -2.35. The average Bonchev–Trinajstić information content (AvgIpc) is 2.75. The first kappa shape index (κ1) is 19.9. The Balaban J connectivity index is 1.75. The number of hydrogen-bond acceptors (Lipinski definition) is 6. The van der Waals surface area contributed by atoms with E-state index in [9.17, 15) is 4.79 Å². The van der Waals surface area contributed by atoms with E-state index in [0.717, 1.165) is 49.9 Å². The molecular formula is C22H25N3O3S. The molecule has 1 aliphatic rings. The smallest absolute Gasteiger partial charge is 0.266 e. The van der Waals surface area contributed by atoms with Crippen molar-refractivity contribution in [1.29, 1.82) is 0 Å². The fourth-order valence-corrected chi connectivity index (χ4v) is 4.49. The number of thioether (sulfide) groups is 1. The zero-order chi connectivity index (χ0) is 20.2. The highest BCUT2D eigenvalue weighted by molar-refractivity contribution is 7.99. The van der Waals surface area contributed by atoms with E-state index in [1.807, 2.05) is 49.4 Å². The molecule has 2 heterocycles. The second-order valence-electron chi connectivity index (χ2n) is 7.03. The maximum atomic E-state index is 13.4. The molecule has 152 valence electrons. The second-order valence-corrected chi connectivity index (χ2v) is 8.09. The molecule has 1 fully saturated rings. The molecule has 1 aliphatic heterocycles. The third-order valence-corrected chi connectivity index (χ3v) is 5.98. The molecule has 0 N–H and O–H groups in total. The Morgan fingerprint density at radius 3 is 2.76 bits per heavy atom. The number of methoxy groups -OCH3 is 1. The van der Waals surface area contributed by atoms with Gasteiger partial charge < -0.3 is 9.47 Å². The van der Waals surface area contributed by atoms with E-state index < -0.39 is 0 Å². The Kier molecular flexibility index (Phi) is 6.18. The lowest BCUT2D eigenvalue weighted by atomic mass is 10.2. The molecule has 1 saturated heterocycles. The van der Waals surface area contributed by atoms with E-state index in [0.29, 0.717) is 21.8 Å². The van der Waals surface area contributed by atoms with Crippen molar-refractivity contribution < 1.29 is 9.47 Å². The van der Waals surface area contributed by atoms with Crippen LogP contribution in [0.3, 0.4) is 0 Å². The van der Waals surface area contributed by atoms with Crippen molar-refractivity contribution in [3.05, 3.63) is 58.4 Å². The molecule has 0 bridgehead atoms. The van der Waals surface area contributed by atoms with Gasteiger partial charge in [-0.05, 0) is 36.8 Å². The van der Waals surface area contributed by atoms with Crippen molar-refractivity contribution in [2.45, 2.75) is 12.1 Å². The first-order valence-corrected chi connectivity index (χ1v) is 10.8. The van der Waals surface area contributed by atoms with Crippen LogP contribution in [-0.4, -0.2) is 60.2 Å². The van der Waals surface area contributed by atoms with Gasteiger partial charge in [-0.1, -0.05) is 30.0 Å². The molecule has 0 aliphatic carbocycles. The SMILES string of the molecule is COc1ccc(C)cc1-n1c(SCCN2CCOCC2)nc2ccccc2c1=O. The highest BCUT2D eigenvalue weighted by Gasteiger charge is 2.17. The van der Waals surface area contributed by atoms with Gasteiger partial charge >= 0.3 is 0 Å². The summed E-state index contributed by atoms with van der Waals surface area (Å²) in [5.41, 5.74) is 2.43. The number of fused-ring (bicyclic) bond motifs is 1. The minimum atomic E-state index is -0.0756. The standard InChI is InChI=1S/C22H25N3O3S/c1-16-7-8-20(27-2)19(15-16)25-21(26)17-5-3-4-6-18(17)23-22(25)29-14-11-24-9-12-28-13-10-24/h3-8,15H,9-14H2,1-2H3. The van der Waals surface area contributed by atoms with Gasteiger partial charge in [0.05, 0.1) is 36.9 Å². The Morgan fingerprint density at radius 2 is 1.97 bits per heavy atom. The fourth-order valence-electron chi connectivity index (χ4n) is 3.49. The van der Waals surface area contributed by atoms with Gasteiger partial charge in [-0.3, -0.25) is 14.3 Å².